The molecule has 0 radical (unpaired) electrons. The summed E-state index contributed by atoms with van der Waals surface area (Å²) in [4.78, 5) is 15.6. The van der Waals surface area contributed by atoms with Crippen LogP contribution >= 0.6 is 0 Å². The van der Waals surface area contributed by atoms with E-state index in [0.717, 1.165) is 6.07 Å². The Morgan fingerprint density at radius 1 is 1.22 bits per heavy atom. The second-order valence-corrected chi connectivity index (χ2v) is 3.79. The predicted octanol–water partition coefficient (Wildman–Crippen LogP) is 2.37. The van der Waals surface area contributed by atoms with Crippen LogP contribution in [0.2, 0.25) is 0 Å². The number of Topliss-reactive ketones (excluding diaryl/α,β-unsaturated/α-hetero) is 1. The fourth-order valence-electron chi connectivity index (χ4n) is 1.52. The van der Waals surface area contributed by atoms with Crippen LogP contribution in [0.3, 0.4) is 0 Å². The molecular formula is C13H10F2N2O. The zero-order valence-corrected chi connectivity index (χ0v) is 9.36. The molecular weight excluding hydrogens is 238 g/mol. The number of pyridine rings is 1. The maximum Gasteiger partial charge on any atom is 0.185 e. The van der Waals surface area contributed by atoms with Gasteiger partial charge >= 0.3 is 0 Å². The standard InChI is InChI=1S/C13H10F2N2O/c14-10-3-1-2-8(13(10)15)6-12(18)11-5-4-9(16)7-17-11/h1-5,7H,6,16H2. The third-order valence-corrected chi connectivity index (χ3v) is 2.45. The summed E-state index contributed by atoms with van der Waals surface area (Å²) in [5.41, 5.74) is 6.06. The third-order valence-electron chi connectivity index (χ3n) is 2.45. The van der Waals surface area contributed by atoms with Crippen LogP contribution in [0.1, 0.15) is 16.1 Å². The molecule has 3 nitrogen and oxygen atoms in total. The molecule has 0 unspecified atom stereocenters. The summed E-state index contributed by atoms with van der Waals surface area (Å²) in [5, 5.41) is 0. The van der Waals surface area contributed by atoms with Crippen molar-refractivity contribution in [3.63, 3.8) is 0 Å². The maximum atomic E-state index is 13.4. The van der Waals surface area contributed by atoms with Gasteiger partial charge in [0.2, 0.25) is 0 Å². The number of hydrogen-bond donors (Lipinski definition) is 1. The number of benzene rings is 1. The molecule has 1 aromatic carbocycles. The Bertz CT molecular complexity index is 582. The highest BCUT2D eigenvalue weighted by Crippen LogP contribution is 2.14. The minimum Gasteiger partial charge on any atom is -0.397 e. The molecule has 0 amide bonds. The van der Waals surface area contributed by atoms with Gasteiger partial charge in [0, 0.05) is 6.42 Å². The molecule has 18 heavy (non-hydrogen) atoms. The highest BCUT2D eigenvalue weighted by atomic mass is 19.2. The van der Waals surface area contributed by atoms with Crippen molar-refractivity contribution in [2.24, 2.45) is 0 Å². The summed E-state index contributed by atoms with van der Waals surface area (Å²) in [6.07, 6.45) is 1.11. The molecule has 0 saturated heterocycles. The van der Waals surface area contributed by atoms with Gasteiger partial charge in [0.1, 0.15) is 5.69 Å². The highest BCUT2D eigenvalue weighted by Gasteiger charge is 2.13. The first kappa shape index (κ1) is 12.2. The summed E-state index contributed by atoms with van der Waals surface area (Å²) in [5.74, 6) is -2.36. The number of carbonyl (C=O) groups excluding carboxylic acids is 1. The van der Waals surface area contributed by atoms with E-state index in [2.05, 4.69) is 4.98 Å². The summed E-state index contributed by atoms with van der Waals surface area (Å²) >= 11 is 0. The number of ketones is 1. The van der Waals surface area contributed by atoms with Crippen molar-refractivity contribution in [2.45, 2.75) is 6.42 Å². The Kier molecular flexibility index (Phi) is 3.32. The quantitative estimate of drug-likeness (QED) is 0.848. The molecule has 1 aromatic heterocycles. The fourth-order valence-corrected chi connectivity index (χ4v) is 1.52. The fraction of sp³-hybridized carbons (Fsp3) is 0.0769. The van der Waals surface area contributed by atoms with E-state index in [1.54, 1.807) is 0 Å². The molecule has 0 spiro atoms. The Balaban J connectivity index is 2.21. The van der Waals surface area contributed by atoms with E-state index < -0.39 is 11.6 Å². The Labute approximate surface area is 102 Å². The molecule has 0 bridgehead atoms. The lowest BCUT2D eigenvalue weighted by molar-refractivity contribution is 0.0987. The average Bonchev–Trinajstić information content (AvgIpc) is 2.36. The maximum absolute atomic E-state index is 13.4. The van der Waals surface area contributed by atoms with Gasteiger partial charge in [-0.1, -0.05) is 12.1 Å². The first-order valence-electron chi connectivity index (χ1n) is 5.25. The van der Waals surface area contributed by atoms with Gasteiger partial charge in [0.25, 0.3) is 0 Å². The largest absolute Gasteiger partial charge is 0.397 e. The van der Waals surface area contributed by atoms with E-state index >= 15 is 0 Å². The Morgan fingerprint density at radius 2 is 2.00 bits per heavy atom. The average molecular weight is 248 g/mol. The van der Waals surface area contributed by atoms with E-state index in [1.165, 1.54) is 30.5 Å². The minimum atomic E-state index is -0.999. The second kappa shape index (κ2) is 4.91. The smallest absolute Gasteiger partial charge is 0.185 e. The molecule has 2 aromatic rings. The third kappa shape index (κ3) is 2.51. The number of hydrogen-bond acceptors (Lipinski definition) is 3. The SMILES string of the molecule is Nc1ccc(C(=O)Cc2cccc(F)c2F)nc1. The topological polar surface area (TPSA) is 56.0 Å². The number of nitrogens with zero attached hydrogens (tertiary/aromatic N) is 1. The zero-order chi connectivity index (χ0) is 13.1. The van der Waals surface area contributed by atoms with Crippen LogP contribution < -0.4 is 5.73 Å². The van der Waals surface area contributed by atoms with Crippen LogP contribution in [0.15, 0.2) is 36.5 Å². The highest BCUT2D eigenvalue weighted by molar-refractivity contribution is 5.95. The van der Waals surface area contributed by atoms with Crippen molar-refractivity contribution < 1.29 is 13.6 Å². The van der Waals surface area contributed by atoms with E-state index in [0.29, 0.717) is 5.69 Å². The first-order chi connectivity index (χ1) is 8.58. The number of anilines is 1. The summed E-state index contributed by atoms with van der Waals surface area (Å²) in [6.45, 7) is 0. The lowest BCUT2D eigenvalue weighted by atomic mass is 10.1. The number of halogens is 2. The van der Waals surface area contributed by atoms with Gasteiger partial charge in [-0.25, -0.2) is 8.78 Å². The van der Waals surface area contributed by atoms with Crippen molar-refractivity contribution in [3.8, 4) is 0 Å². The number of aromatic nitrogens is 1. The van der Waals surface area contributed by atoms with E-state index in [1.807, 2.05) is 0 Å². The number of nitrogen functional groups attached to an aromatic ring is 1. The van der Waals surface area contributed by atoms with E-state index in [-0.39, 0.29) is 23.5 Å². The molecule has 0 aliphatic heterocycles. The minimum absolute atomic E-state index is 0.0126. The van der Waals surface area contributed by atoms with Gasteiger partial charge in [-0.2, -0.15) is 0 Å². The molecule has 0 atom stereocenters. The first-order valence-corrected chi connectivity index (χ1v) is 5.25. The van der Waals surface area contributed by atoms with Gasteiger partial charge in [0.05, 0.1) is 11.9 Å². The van der Waals surface area contributed by atoms with E-state index in [9.17, 15) is 13.6 Å². The predicted molar refractivity (Wildman–Crippen MR) is 63.0 cm³/mol. The van der Waals surface area contributed by atoms with Crippen LogP contribution in [0.4, 0.5) is 14.5 Å². The summed E-state index contributed by atoms with van der Waals surface area (Å²) in [6, 6.07) is 6.72. The van der Waals surface area contributed by atoms with Gasteiger partial charge in [-0.15, -0.1) is 0 Å². The molecule has 0 saturated carbocycles. The molecule has 2 N–H and O–H groups in total. The van der Waals surface area contributed by atoms with Crippen LogP contribution in [0.5, 0.6) is 0 Å². The van der Waals surface area contributed by atoms with Gasteiger partial charge in [0.15, 0.2) is 17.4 Å². The van der Waals surface area contributed by atoms with E-state index in [4.69, 9.17) is 5.73 Å². The Morgan fingerprint density at radius 3 is 2.67 bits per heavy atom. The number of rotatable bonds is 3. The number of nitrogens with two attached hydrogens (primary N) is 1. The van der Waals surface area contributed by atoms with Crippen LogP contribution in [-0.4, -0.2) is 10.8 Å². The van der Waals surface area contributed by atoms with Crippen molar-refractivity contribution in [2.75, 3.05) is 5.73 Å². The molecule has 1 heterocycles. The normalized spacial score (nSPS) is 10.3. The summed E-state index contributed by atoms with van der Waals surface area (Å²) < 4.78 is 26.3. The number of carbonyl (C=O) groups is 1. The molecule has 0 aliphatic rings. The summed E-state index contributed by atoms with van der Waals surface area (Å²) in [7, 11) is 0. The monoisotopic (exact) mass is 248 g/mol. The molecule has 0 aliphatic carbocycles. The lowest BCUT2D eigenvalue weighted by Gasteiger charge is -2.03. The van der Waals surface area contributed by atoms with Crippen LogP contribution in [-0.2, 0) is 6.42 Å². The van der Waals surface area contributed by atoms with Gasteiger partial charge in [-0.3, -0.25) is 9.78 Å². The molecule has 0 fully saturated rings. The van der Waals surface area contributed by atoms with Crippen molar-refractivity contribution in [1.29, 1.82) is 0 Å². The van der Waals surface area contributed by atoms with Gasteiger partial charge < -0.3 is 5.73 Å². The lowest BCUT2D eigenvalue weighted by Crippen LogP contribution is -2.08. The van der Waals surface area contributed by atoms with Crippen molar-refractivity contribution in [3.05, 3.63) is 59.4 Å². The van der Waals surface area contributed by atoms with Crippen molar-refractivity contribution >= 4 is 11.5 Å². The van der Waals surface area contributed by atoms with Crippen LogP contribution in [0, 0.1) is 11.6 Å². The Hall–Kier alpha value is -2.30. The van der Waals surface area contributed by atoms with Gasteiger partial charge in [-0.05, 0) is 23.8 Å². The molecule has 5 heteroatoms. The molecule has 2 rings (SSSR count). The van der Waals surface area contributed by atoms with Crippen LogP contribution in [0.25, 0.3) is 0 Å². The van der Waals surface area contributed by atoms with Crippen molar-refractivity contribution in [1.82, 2.24) is 4.98 Å². The molecule has 92 valence electrons. The second-order valence-electron chi connectivity index (χ2n) is 3.79. The zero-order valence-electron chi connectivity index (χ0n) is 9.36.